The largest absolute Gasteiger partial charge is 0.377 e. The lowest BCUT2D eigenvalue weighted by atomic mass is 9.94. The SMILES string of the molecule is COC1(CNC2CC2)CCCCCC1. The van der Waals surface area contributed by atoms with E-state index < -0.39 is 0 Å². The molecule has 0 amide bonds. The monoisotopic (exact) mass is 197 g/mol. The maximum absolute atomic E-state index is 5.77. The first-order valence-electron chi connectivity index (χ1n) is 6.13. The summed E-state index contributed by atoms with van der Waals surface area (Å²) in [5.74, 6) is 0. The number of hydrogen-bond donors (Lipinski definition) is 1. The van der Waals surface area contributed by atoms with Gasteiger partial charge in [-0.25, -0.2) is 0 Å². The molecule has 0 spiro atoms. The molecule has 0 aromatic heterocycles. The minimum atomic E-state index is 0.166. The second-order valence-corrected chi connectivity index (χ2v) is 4.96. The van der Waals surface area contributed by atoms with Gasteiger partial charge in [-0.1, -0.05) is 25.7 Å². The Hall–Kier alpha value is -0.0800. The molecule has 2 rings (SSSR count). The van der Waals surface area contributed by atoms with Crippen molar-refractivity contribution >= 4 is 0 Å². The molecule has 0 saturated heterocycles. The fourth-order valence-electron chi connectivity index (χ4n) is 2.44. The van der Waals surface area contributed by atoms with Crippen LogP contribution in [-0.4, -0.2) is 25.3 Å². The van der Waals surface area contributed by atoms with E-state index in [4.69, 9.17) is 4.74 Å². The molecule has 1 N–H and O–H groups in total. The van der Waals surface area contributed by atoms with E-state index in [1.807, 2.05) is 7.11 Å². The average Bonchev–Trinajstić information content (AvgIpc) is 3.03. The number of rotatable bonds is 4. The summed E-state index contributed by atoms with van der Waals surface area (Å²) in [4.78, 5) is 0. The van der Waals surface area contributed by atoms with Crippen LogP contribution in [0.2, 0.25) is 0 Å². The van der Waals surface area contributed by atoms with Gasteiger partial charge in [0.25, 0.3) is 0 Å². The predicted octanol–water partition coefficient (Wildman–Crippen LogP) is 2.48. The van der Waals surface area contributed by atoms with Crippen LogP contribution < -0.4 is 5.32 Å². The standard InChI is InChI=1S/C12H23NO/c1-14-12(10-13-11-6-7-11)8-4-2-3-5-9-12/h11,13H,2-10H2,1H3. The lowest BCUT2D eigenvalue weighted by Crippen LogP contribution is -2.42. The maximum atomic E-state index is 5.77. The Bertz CT molecular complexity index is 169. The molecule has 2 aliphatic rings. The average molecular weight is 197 g/mol. The molecule has 2 saturated carbocycles. The summed E-state index contributed by atoms with van der Waals surface area (Å²) < 4.78 is 5.77. The Morgan fingerprint density at radius 3 is 2.29 bits per heavy atom. The van der Waals surface area contributed by atoms with Crippen LogP contribution in [0.4, 0.5) is 0 Å². The highest BCUT2D eigenvalue weighted by Crippen LogP contribution is 2.30. The zero-order valence-corrected chi connectivity index (χ0v) is 9.35. The fourth-order valence-corrected chi connectivity index (χ4v) is 2.44. The van der Waals surface area contributed by atoms with Crippen molar-refractivity contribution in [3.05, 3.63) is 0 Å². The van der Waals surface area contributed by atoms with Crippen LogP contribution >= 0.6 is 0 Å². The molecule has 2 nitrogen and oxygen atoms in total. The van der Waals surface area contributed by atoms with Crippen LogP contribution in [0.5, 0.6) is 0 Å². The minimum absolute atomic E-state index is 0.166. The molecule has 0 atom stereocenters. The molecule has 2 heteroatoms. The molecular formula is C12H23NO. The number of nitrogens with one attached hydrogen (secondary N) is 1. The van der Waals surface area contributed by atoms with Crippen LogP contribution in [0.15, 0.2) is 0 Å². The van der Waals surface area contributed by atoms with Crippen molar-refractivity contribution in [2.24, 2.45) is 0 Å². The Kier molecular flexibility index (Phi) is 3.45. The Morgan fingerprint density at radius 1 is 1.14 bits per heavy atom. The topological polar surface area (TPSA) is 21.3 Å². The van der Waals surface area contributed by atoms with Crippen molar-refractivity contribution in [3.8, 4) is 0 Å². The van der Waals surface area contributed by atoms with E-state index in [0.29, 0.717) is 0 Å². The lowest BCUT2D eigenvalue weighted by Gasteiger charge is -2.31. The van der Waals surface area contributed by atoms with Gasteiger partial charge in [0, 0.05) is 19.7 Å². The molecule has 0 heterocycles. The third kappa shape index (κ3) is 2.71. The second kappa shape index (κ2) is 4.63. The molecule has 0 radical (unpaired) electrons. The summed E-state index contributed by atoms with van der Waals surface area (Å²) in [6.07, 6.45) is 10.7. The van der Waals surface area contributed by atoms with E-state index >= 15 is 0 Å². The molecule has 82 valence electrons. The molecular weight excluding hydrogens is 174 g/mol. The van der Waals surface area contributed by atoms with Crippen molar-refractivity contribution in [2.75, 3.05) is 13.7 Å². The molecule has 14 heavy (non-hydrogen) atoms. The molecule has 0 unspecified atom stereocenters. The summed E-state index contributed by atoms with van der Waals surface area (Å²) in [5, 5.41) is 3.62. The van der Waals surface area contributed by atoms with Crippen LogP contribution in [0, 0.1) is 0 Å². The molecule has 0 aromatic carbocycles. The summed E-state index contributed by atoms with van der Waals surface area (Å²) in [7, 11) is 1.89. The second-order valence-electron chi connectivity index (χ2n) is 4.96. The summed E-state index contributed by atoms with van der Waals surface area (Å²) >= 11 is 0. The van der Waals surface area contributed by atoms with Crippen molar-refractivity contribution in [3.63, 3.8) is 0 Å². The van der Waals surface area contributed by atoms with Gasteiger partial charge in [-0.15, -0.1) is 0 Å². The van der Waals surface area contributed by atoms with Gasteiger partial charge in [-0.3, -0.25) is 0 Å². The van der Waals surface area contributed by atoms with Crippen molar-refractivity contribution < 1.29 is 4.74 Å². The first-order chi connectivity index (χ1) is 6.85. The van der Waals surface area contributed by atoms with Gasteiger partial charge in [0.2, 0.25) is 0 Å². The predicted molar refractivity (Wildman–Crippen MR) is 58.5 cm³/mol. The Balaban J connectivity index is 1.84. The van der Waals surface area contributed by atoms with E-state index in [9.17, 15) is 0 Å². The summed E-state index contributed by atoms with van der Waals surface area (Å²) in [6, 6.07) is 0.810. The fraction of sp³-hybridized carbons (Fsp3) is 1.00. The zero-order valence-electron chi connectivity index (χ0n) is 9.35. The molecule has 0 aliphatic heterocycles. The molecule has 0 bridgehead atoms. The molecule has 2 aliphatic carbocycles. The highest BCUT2D eigenvalue weighted by molar-refractivity contribution is 4.89. The first-order valence-corrected chi connectivity index (χ1v) is 6.13. The van der Waals surface area contributed by atoms with Crippen LogP contribution in [0.1, 0.15) is 51.4 Å². The van der Waals surface area contributed by atoms with E-state index in [1.54, 1.807) is 0 Å². The van der Waals surface area contributed by atoms with Crippen molar-refractivity contribution in [1.82, 2.24) is 5.32 Å². The molecule has 0 aromatic rings. The van der Waals surface area contributed by atoms with Crippen molar-refractivity contribution in [1.29, 1.82) is 0 Å². The quantitative estimate of drug-likeness (QED) is 0.699. The smallest absolute Gasteiger partial charge is 0.0802 e. The van der Waals surface area contributed by atoms with Gasteiger partial charge < -0.3 is 10.1 Å². The summed E-state index contributed by atoms with van der Waals surface area (Å²) in [6.45, 7) is 1.08. The minimum Gasteiger partial charge on any atom is -0.377 e. The van der Waals surface area contributed by atoms with Gasteiger partial charge in [-0.05, 0) is 25.7 Å². The zero-order chi connectivity index (χ0) is 9.86. The third-order valence-corrected chi connectivity index (χ3v) is 3.74. The lowest BCUT2D eigenvalue weighted by molar-refractivity contribution is -0.0217. The van der Waals surface area contributed by atoms with Crippen molar-refractivity contribution in [2.45, 2.75) is 63.0 Å². The van der Waals surface area contributed by atoms with Crippen LogP contribution in [0.25, 0.3) is 0 Å². The van der Waals surface area contributed by atoms with Gasteiger partial charge in [0.15, 0.2) is 0 Å². The van der Waals surface area contributed by atoms with Gasteiger partial charge in [0.05, 0.1) is 5.60 Å². The van der Waals surface area contributed by atoms with Crippen LogP contribution in [0.3, 0.4) is 0 Å². The Labute approximate surface area is 87.4 Å². The third-order valence-electron chi connectivity index (χ3n) is 3.74. The number of methoxy groups -OCH3 is 1. The van der Waals surface area contributed by atoms with E-state index in [1.165, 1.54) is 51.4 Å². The number of ether oxygens (including phenoxy) is 1. The van der Waals surface area contributed by atoms with Gasteiger partial charge >= 0.3 is 0 Å². The number of hydrogen-bond acceptors (Lipinski definition) is 2. The molecule has 2 fully saturated rings. The van der Waals surface area contributed by atoms with Gasteiger partial charge in [0.1, 0.15) is 0 Å². The summed E-state index contributed by atoms with van der Waals surface area (Å²) in [5.41, 5.74) is 0.166. The van der Waals surface area contributed by atoms with E-state index in [2.05, 4.69) is 5.32 Å². The Morgan fingerprint density at radius 2 is 1.79 bits per heavy atom. The van der Waals surface area contributed by atoms with Gasteiger partial charge in [-0.2, -0.15) is 0 Å². The highest BCUT2D eigenvalue weighted by Gasteiger charge is 2.32. The maximum Gasteiger partial charge on any atom is 0.0802 e. The first kappa shape index (κ1) is 10.4. The van der Waals surface area contributed by atoms with Crippen LogP contribution in [-0.2, 0) is 4.74 Å². The van der Waals surface area contributed by atoms with E-state index in [-0.39, 0.29) is 5.60 Å². The highest BCUT2D eigenvalue weighted by atomic mass is 16.5. The van der Waals surface area contributed by atoms with E-state index in [0.717, 1.165) is 12.6 Å². The normalized spacial score (nSPS) is 27.2.